The van der Waals surface area contributed by atoms with E-state index in [2.05, 4.69) is 10.0 Å². The van der Waals surface area contributed by atoms with Gasteiger partial charge in [-0.05, 0) is 62.1 Å². The molecular formula is C19H24ClN3O3S. The molecule has 0 aliphatic heterocycles. The molecule has 2 aromatic rings. The number of benzene rings is 2. The van der Waals surface area contributed by atoms with E-state index in [9.17, 15) is 13.2 Å². The number of amides is 1. The first-order valence-corrected chi connectivity index (χ1v) is 10.2. The largest absolute Gasteiger partial charge is 0.349 e. The van der Waals surface area contributed by atoms with Crippen LogP contribution >= 0.6 is 12.4 Å². The van der Waals surface area contributed by atoms with Gasteiger partial charge in [0.05, 0.1) is 4.90 Å². The van der Waals surface area contributed by atoms with Crippen LogP contribution in [0.25, 0.3) is 0 Å². The second kappa shape index (κ2) is 9.21. The van der Waals surface area contributed by atoms with Crippen molar-refractivity contribution in [1.82, 2.24) is 5.32 Å². The number of para-hydroxylation sites is 1. The Kier molecular flexibility index (Phi) is 7.24. The van der Waals surface area contributed by atoms with Crippen molar-refractivity contribution in [3.05, 3.63) is 60.2 Å². The molecule has 0 unspecified atom stereocenters. The average molecular weight is 410 g/mol. The van der Waals surface area contributed by atoms with Gasteiger partial charge in [0.2, 0.25) is 0 Å². The average Bonchev–Trinajstić information content (AvgIpc) is 2.64. The van der Waals surface area contributed by atoms with Gasteiger partial charge >= 0.3 is 0 Å². The zero-order chi connectivity index (χ0) is 18.6. The Morgan fingerprint density at radius 3 is 2.11 bits per heavy atom. The number of halogens is 1. The van der Waals surface area contributed by atoms with Gasteiger partial charge in [-0.15, -0.1) is 12.4 Å². The van der Waals surface area contributed by atoms with E-state index in [1.807, 2.05) is 6.07 Å². The molecule has 0 radical (unpaired) electrons. The van der Waals surface area contributed by atoms with Crippen LogP contribution in [0.1, 0.15) is 36.0 Å². The number of nitrogens with one attached hydrogen (secondary N) is 2. The Hall–Kier alpha value is -2.09. The van der Waals surface area contributed by atoms with E-state index in [0.717, 1.165) is 25.7 Å². The minimum absolute atomic E-state index is 0. The molecule has 1 aliphatic rings. The highest BCUT2D eigenvalue weighted by molar-refractivity contribution is 7.92. The number of hydrogen-bond donors (Lipinski definition) is 3. The smallest absolute Gasteiger partial charge is 0.261 e. The van der Waals surface area contributed by atoms with E-state index in [4.69, 9.17) is 5.73 Å². The molecular weight excluding hydrogens is 386 g/mol. The molecule has 0 saturated heterocycles. The highest BCUT2D eigenvalue weighted by Crippen LogP contribution is 2.19. The minimum Gasteiger partial charge on any atom is -0.349 e. The van der Waals surface area contributed by atoms with Crippen molar-refractivity contribution < 1.29 is 13.2 Å². The molecule has 0 bridgehead atoms. The summed E-state index contributed by atoms with van der Waals surface area (Å²) < 4.78 is 27.3. The minimum atomic E-state index is -3.68. The molecule has 0 atom stereocenters. The first kappa shape index (κ1) is 21.2. The third kappa shape index (κ3) is 5.69. The predicted octanol–water partition coefficient (Wildman–Crippen LogP) is 2.91. The summed E-state index contributed by atoms with van der Waals surface area (Å²) >= 11 is 0. The van der Waals surface area contributed by atoms with Crippen LogP contribution in [0.2, 0.25) is 0 Å². The molecule has 6 nitrogen and oxygen atoms in total. The van der Waals surface area contributed by atoms with Gasteiger partial charge in [-0.3, -0.25) is 9.52 Å². The summed E-state index contributed by atoms with van der Waals surface area (Å²) in [5.74, 6) is -0.189. The number of hydrogen-bond acceptors (Lipinski definition) is 4. The molecule has 146 valence electrons. The van der Waals surface area contributed by atoms with Gasteiger partial charge in [-0.1, -0.05) is 18.2 Å². The standard InChI is InChI=1S/C19H23N3O3S.ClH/c20-15-8-10-16(11-9-15)21-19(23)14-6-12-18(13-7-14)26(24,25)22-17-4-2-1-3-5-17;/h1-7,12-13,15-16,22H,8-11,20H2,(H,21,23);1H. The quantitative estimate of drug-likeness (QED) is 0.706. The number of nitrogens with two attached hydrogens (primary N) is 1. The van der Waals surface area contributed by atoms with Crippen molar-refractivity contribution in [1.29, 1.82) is 0 Å². The van der Waals surface area contributed by atoms with Crippen LogP contribution in [-0.2, 0) is 10.0 Å². The van der Waals surface area contributed by atoms with Crippen molar-refractivity contribution in [2.45, 2.75) is 42.7 Å². The summed E-state index contributed by atoms with van der Waals surface area (Å²) in [6.45, 7) is 0. The Morgan fingerprint density at radius 2 is 1.52 bits per heavy atom. The van der Waals surface area contributed by atoms with Crippen LogP contribution in [0.3, 0.4) is 0 Å². The van der Waals surface area contributed by atoms with Crippen LogP contribution < -0.4 is 15.8 Å². The van der Waals surface area contributed by atoms with E-state index in [0.29, 0.717) is 11.3 Å². The highest BCUT2D eigenvalue weighted by atomic mass is 35.5. The predicted molar refractivity (Wildman–Crippen MR) is 109 cm³/mol. The maximum Gasteiger partial charge on any atom is 0.261 e. The fraction of sp³-hybridized carbons (Fsp3) is 0.316. The molecule has 0 aromatic heterocycles. The lowest BCUT2D eigenvalue weighted by atomic mass is 9.91. The summed E-state index contributed by atoms with van der Waals surface area (Å²) in [7, 11) is -3.68. The zero-order valence-corrected chi connectivity index (χ0v) is 16.4. The molecule has 0 heterocycles. The van der Waals surface area contributed by atoms with Crippen molar-refractivity contribution in [2.24, 2.45) is 5.73 Å². The topological polar surface area (TPSA) is 101 Å². The maximum atomic E-state index is 12.4. The molecule has 8 heteroatoms. The number of carbonyl (C=O) groups excluding carboxylic acids is 1. The normalized spacial score (nSPS) is 19.6. The zero-order valence-electron chi connectivity index (χ0n) is 14.8. The lowest BCUT2D eigenvalue weighted by molar-refractivity contribution is 0.0926. The third-order valence-corrected chi connectivity index (χ3v) is 5.96. The van der Waals surface area contributed by atoms with E-state index >= 15 is 0 Å². The second-order valence-corrected chi connectivity index (χ2v) is 8.26. The summed E-state index contributed by atoms with van der Waals surface area (Å²) in [5, 5.41) is 2.99. The lowest BCUT2D eigenvalue weighted by Gasteiger charge is -2.26. The Bertz CT molecular complexity index is 850. The molecule has 1 saturated carbocycles. The van der Waals surface area contributed by atoms with Gasteiger partial charge in [0.25, 0.3) is 15.9 Å². The van der Waals surface area contributed by atoms with Gasteiger partial charge in [-0.25, -0.2) is 8.42 Å². The molecule has 3 rings (SSSR count). The SMILES string of the molecule is Cl.NC1CCC(NC(=O)c2ccc(S(=O)(=O)Nc3ccccc3)cc2)CC1. The van der Waals surface area contributed by atoms with Gasteiger partial charge in [-0.2, -0.15) is 0 Å². The Morgan fingerprint density at radius 1 is 0.926 bits per heavy atom. The fourth-order valence-corrected chi connectivity index (χ4v) is 4.10. The first-order valence-electron chi connectivity index (χ1n) is 8.68. The van der Waals surface area contributed by atoms with Crippen LogP contribution in [0.4, 0.5) is 5.69 Å². The fourth-order valence-electron chi connectivity index (χ4n) is 3.04. The van der Waals surface area contributed by atoms with E-state index in [1.165, 1.54) is 24.3 Å². The number of carbonyl (C=O) groups is 1. The van der Waals surface area contributed by atoms with Crippen LogP contribution in [0, 0.1) is 0 Å². The van der Waals surface area contributed by atoms with Gasteiger partial charge in [0.15, 0.2) is 0 Å². The first-order chi connectivity index (χ1) is 12.4. The van der Waals surface area contributed by atoms with Crippen molar-refractivity contribution >= 4 is 34.0 Å². The lowest BCUT2D eigenvalue weighted by Crippen LogP contribution is -2.40. The van der Waals surface area contributed by atoms with Gasteiger partial charge in [0.1, 0.15) is 0 Å². The summed E-state index contributed by atoms with van der Waals surface area (Å²) in [6, 6.07) is 15.0. The van der Waals surface area contributed by atoms with Crippen LogP contribution in [-0.4, -0.2) is 26.4 Å². The number of anilines is 1. The Labute approximate surface area is 166 Å². The Balaban J connectivity index is 0.00000261. The highest BCUT2D eigenvalue weighted by Gasteiger charge is 2.21. The summed E-state index contributed by atoms with van der Waals surface area (Å²) in [6.07, 6.45) is 3.57. The van der Waals surface area contributed by atoms with E-state index < -0.39 is 10.0 Å². The molecule has 27 heavy (non-hydrogen) atoms. The molecule has 1 amide bonds. The summed E-state index contributed by atoms with van der Waals surface area (Å²) in [5.41, 5.74) is 6.81. The van der Waals surface area contributed by atoms with Gasteiger partial charge in [0, 0.05) is 23.3 Å². The monoisotopic (exact) mass is 409 g/mol. The summed E-state index contributed by atoms with van der Waals surface area (Å²) in [4.78, 5) is 12.5. The van der Waals surface area contributed by atoms with Crippen molar-refractivity contribution in [3.63, 3.8) is 0 Å². The van der Waals surface area contributed by atoms with Crippen molar-refractivity contribution in [2.75, 3.05) is 4.72 Å². The van der Waals surface area contributed by atoms with Gasteiger partial charge < -0.3 is 11.1 Å². The van der Waals surface area contributed by atoms with Crippen molar-refractivity contribution in [3.8, 4) is 0 Å². The number of rotatable bonds is 5. The van der Waals surface area contributed by atoms with Crippen LogP contribution in [0.15, 0.2) is 59.5 Å². The maximum absolute atomic E-state index is 12.4. The van der Waals surface area contributed by atoms with E-state index in [-0.39, 0.29) is 35.3 Å². The third-order valence-electron chi connectivity index (χ3n) is 4.56. The van der Waals surface area contributed by atoms with Crippen LogP contribution in [0.5, 0.6) is 0 Å². The second-order valence-electron chi connectivity index (χ2n) is 6.58. The molecule has 0 spiro atoms. The van der Waals surface area contributed by atoms with E-state index in [1.54, 1.807) is 24.3 Å². The molecule has 4 N–H and O–H groups in total. The molecule has 1 fully saturated rings. The molecule has 2 aromatic carbocycles. The molecule has 1 aliphatic carbocycles. The number of sulfonamides is 1.